The molecule has 0 aromatic rings. The molecule has 0 unspecified atom stereocenters. The van der Waals surface area contributed by atoms with Gasteiger partial charge in [-0.15, -0.1) is 0 Å². The van der Waals surface area contributed by atoms with Crippen molar-refractivity contribution in [2.24, 2.45) is 5.41 Å². The first-order valence-electron chi connectivity index (χ1n) is 8.62. The third-order valence-corrected chi connectivity index (χ3v) is 4.56. The Morgan fingerprint density at radius 3 is 2.41 bits per heavy atom. The zero-order chi connectivity index (χ0) is 16.2. The average molecular weight is 311 g/mol. The van der Waals surface area contributed by atoms with Crippen LogP contribution in [0.15, 0.2) is 0 Å². The molecule has 2 heterocycles. The topological polar surface area (TPSA) is 36.0 Å². The van der Waals surface area contributed by atoms with E-state index < -0.39 is 0 Å². The third kappa shape index (κ3) is 5.52. The normalized spacial score (nSPS) is 22.9. The molecule has 0 saturated carbocycles. The second-order valence-corrected chi connectivity index (χ2v) is 7.92. The van der Waals surface area contributed by atoms with Crippen LogP contribution in [0.3, 0.4) is 0 Å². The van der Waals surface area contributed by atoms with E-state index in [1.165, 1.54) is 0 Å². The van der Waals surface area contributed by atoms with Gasteiger partial charge >= 0.3 is 0 Å². The van der Waals surface area contributed by atoms with Gasteiger partial charge in [0, 0.05) is 32.8 Å². The Morgan fingerprint density at radius 2 is 1.86 bits per heavy atom. The molecule has 2 aliphatic heterocycles. The minimum atomic E-state index is 0.293. The molecule has 2 aliphatic rings. The zero-order valence-corrected chi connectivity index (χ0v) is 14.8. The first-order valence-corrected chi connectivity index (χ1v) is 8.62. The number of piperidine rings is 1. The molecule has 5 heteroatoms. The molecule has 2 saturated heterocycles. The molecule has 0 atom stereocenters. The van der Waals surface area contributed by atoms with Crippen molar-refractivity contribution in [2.45, 2.75) is 39.2 Å². The Bertz CT molecular complexity index is 355. The SMILES string of the molecule is CN(C)CCCOC1CCN(C(=O)CN2CC(C)(C)C2)CC1. The Kier molecular flexibility index (Phi) is 6.24. The number of hydrogen-bond donors (Lipinski definition) is 0. The Labute approximate surface area is 135 Å². The van der Waals surface area contributed by atoms with Crippen molar-refractivity contribution in [2.75, 3.05) is 60.0 Å². The van der Waals surface area contributed by atoms with Crippen LogP contribution < -0.4 is 0 Å². The molecule has 0 aromatic heterocycles. The predicted octanol–water partition coefficient (Wildman–Crippen LogP) is 1.29. The maximum absolute atomic E-state index is 12.3. The Morgan fingerprint density at radius 1 is 1.23 bits per heavy atom. The zero-order valence-electron chi connectivity index (χ0n) is 14.8. The van der Waals surface area contributed by atoms with Crippen LogP contribution in [0.25, 0.3) is 0 Å². The lowest BCUT2D eigenvalue weighted by Crippen LogP contribution is -2.56. The second kappa shape index (κ2) is 7.75. The molecule has 0 N–H and O–H groups in total. The molecule has 0 bridgehead atoms. The molecule has 2 rings (SSSR count). The second-order valence-electron chi connectivity index (χ2n) is 7.92. The maximum atomic E-state index is 12.3. The van der Waals surface area contributed by atoms with E-state index in [1.807, 2.05) is 4.90 Å². The summed E-state index contributed by atoms with van der Waals surface area (Å²) < 4.78 is 5.93. The Balaban J connectivity index is 1.57. The highest BCUT2D eigenvalue weighted by atomic mass is 16.5. The predicted molar refractivity (Wildman–Crippen MR) is 88.9 cm³/mol. The van der Waals surface area contributed by atoms with E-state index >= 15 is 0 Å². The average Bonchev–Trinajstić information content (AvgIpc) is 2.42. The van der Waals surface area contributed by atoms with Crippen LogP contribution in [0.5, 0.6) is 0 Å². The lowest BCUT2D eigenvalue weighted by molar-refractivity contribution is -0.137. The van der Waals surface area contributed by atoms with E-state index in [1.54, 1.807) is 0 Å². The maximum Gasteiger partial charge on any atom is 0.236 e. The summed E-state index contributed by atoms with van der Waals surface area (Å²) in [7, 11) is 4.17. The van der Waals surface area contributed by atoms with Gasteiger partial charge in [-0.3, -0.25) is 9.69 Å². The molecule has 0 radical (unpaired) electrons. The van der Waals surface area contributed by atoms with Crippen molar-refractivity contribution in [3.8, 4) is 0 Å². The van der Waals surface area contributed by atoms with Gasteiger partial charge in [-0.1, -0.05) is 13.8 Å². The van der Waals surface area contributed by atoms with Gasteiger partial charge in [0.25, 0.3) is 0 Å². The van der Waals surface area contributed by atoms with Crippen LogP contribution in [-0.2, 0) is 9.53 Å². The van der Waals surface area contributed by atoms with Crippen molar-refractivity contribution < 1.29 is 9.53 Å². The minimum Gasteiger partial charge on any atom is -0.378 e. The number of carbonyl (C=O) groups is 1. The highest BCUT2D eigenvalue weighted by Crippen LogP contribution is 2.28. The molecule has 1 amide bonds. The fraction of sp³-hybridized carbons (Fsp3) is 0.941. The summed E-state index contributed by atoms with van der Waals surface area (Å²) in [6, 6.07) is 0. The van der Waals surface area contributed by atoms with Gasteiger partial charge in [-0.25, -0.2) is 0 Å². The van der Waals surface area contributed by atoms with Crippen LogP contribution in [0.1, 0.15) is 33.1 Å². The summed E-state index contributed by atoms with van der Waals surface area (Å²) in [6.07, 6.45) is 3.39. The molecular weight excluding hydrogens is 278 g/mol. The molecule has 22 heavy (non-hydrogen) atoms. The first-order chi connectivity index (χ1) is 10.4. The monoisotopic (exact) mass is 311 g/mol. The first kappa shape index (κ1) is 17.7. The number of amides is 1. The van der Waals surface area contributed by atoms with Gasteiger partial charge in [0.15, 0.2) is 0 Å². The standard InChI is InChI=1S/C17H33N3O2/c1-17(2)13-19(14-17)12-16(21)20-9-6-15(7-10-20)22-11-5-8-18(3)4/h15H,5-14H2,1-4H3. The van der Waals surface area contributed by atoms with Crippen LogP contribution in [0.4, 0.5) is 0 Å². The summed E-state index contributed by atoms with van der Waals surface area (Å²) in [4.78, 5) is 18.7. The molecule has 0 aliphatic carbocycles. The fourth-order valence-corrected chi connectivity index (χ4v) is 3.47. The number of nitrogens with zero attached hydrogens (tertiary/aromatic N) is 3. The van der Waals surface area contributed by atoms with Crippen LogP contribution in [-0.4, -0.2) is 86.7 Å². The largest absolute Gasteiger partial charge is 0.378 e. The van der Waals surface area contributed by atoms with Crippen LogP contribution in [0, 0.1) is 5.41 Å². The number of hydrogen-bond acceptors (Lipinski definition) is 4. The van der Waals surface area contributed by atoms with Gasteiger partial charge in [0.1, 0.15) is 0 Å². The van der Waals surface area contributed by atoms with Crippen LogP contribution in [0.2, 0.25) is 0 Å². The fourth-order valence-electron chi connectivity index (χ4n) is 3.47. The van der Waals surface area contributed by atoms with Gasteiger partial charge in [-0.2, -0.15) is 0 Å². The minimum absolute atomic E-state index is 0.293. The van der Waals surface area contributed by atoms with E-state index in [2.05, 4.69) is 37.7 Å². The van der Waals surface area contributed by atoms with Crippen molar-refractivity contribution in [3.63, 3.8) is 0 Å². The summed E-state index contributed by atoms with van der Waals surface area (Å²) in [6.45, 7) is 10.8. The number of rotatable bonds is 7. The summed E-state index contributed by atoms with van der Waals surface area (Å²) in [5.74, 6) is 0.293. The number of ether oxygens (including phenoxy) is 1. The molecular formula is C17H33N3O2. The van der Waals surface area contributed by atoms with E-state index in [-0.39, 0.29) is 0 Å². The summed E-state index contributed by atoms with van der Waals surface area (Å²) >= 11 is 0. The molecule has 0 spiro atoms. The van der Waals surface area contributed by atoms with Crippen LogP contribution >= 0.6 is 0 Å². The van der Waals surface area contributed by atoms with Gasteiger partial charge in [-0.05, 0) is 45.3 Å². The highest BCUT2D eigenvalue weighted by Gasteiger charge is 2.36. The van der Waals surface area contributed by atoms with Crippen molar-refractivity contribution in [1.29, 1.82) is 0 Å². The van der Waals surface area contributed by atoms with Gasteiger partial charge in [0.2, 0.25) is 5.91 Å². The van der Waals surface area contributed by atoms with Crippen molar-refractivity contribution in [3.05, 3.63) is 0 Å². The van der Waals surface area contributed by atoms with Crippen molar-refractivity contribution in [1.82, 2.24) is 14.7 Å². The molecule has 0 aromatic carbocycles. The third-order valence-electron chi connectivity index (χ3n) is 4.56. The number of likely N-dealkylation sites (tertiary alicyclic amines) is 2. The van der Waals surface area contributed by atoms with E-state index in [9.17, 15) is 4.79 Å². The van der Waals surface area contributed by atoms with Gasteiger partial charge in [0.05, 0.1) is 12.6 Å². The van der Waals surface area contributed by atoms with E-state index in [0.717, 1.165) is 58.6 Å². The lowest BCUT2D eigenvalue weighted by Gasteiger charge is -2.46. The highest BCUT2D eigenvalue weighted by molar-refractivity contribution is 5.78. The lowest BCUT2D eigenvalue weighted by atomic mass is 9.84. The van der Waals surface area contributed by atoms with Gasteiger partial charge < -0.3 is 14.5 Å². The molecule has 128 valence electrons. The molecule has 2 fully saturated rings. The van der Waals surface area contributed by atoms with E-state index in [0.29, 0.717) is 24.0 Å². The summed E-state index contributed by atoms with van der Waals surface area (Å²) in [5.41, 5.74) is 0.396. The summed E-state index contributed by atoms with van der Waals surface area (Å²) in [5, 5.41) is 0. The quantitative estimate of drug-likeness (QED) is 0.664. The Hall–Kier alpha value is -0.650. The smallest absolute Gasteiger partial charge is 0.236 e. The van der Waals surface area contributed by atoms with E-state index in [4.69, 9.17) is 4.74 Å². The molecule has 5 nitrogen and oxygen atoms in total. The number of carbonyl (C=O) groups excluding carboxylic acids is 1. The van der Waals surface area contributed by atoms with Crippen molar-refractivity contribution >= 4 is 5.91 Å².